The fourth-order valence-corrected chi connectivity index (χ4v) is 3.61. The van der Waals surface area contributed by atoms with Gasteiger partial charge in [-0.1, -0.05) is 59.3 Å². The molecule has 0 fully saturated rings. The SMILES string of the molecule is O=C(Nc1ccc(C(=O)Nc2nnc(-c3ccccc3)s2)cc1)c1cccc(Cl)c1. The van der Waals surface area contributed by atoms with E-state index in [-0.39, 0.29) is 11.8 Å². The molecule has 0 aliphatic heterocycles. The standard InChI is InChI=1S/C22H15ClN4O2S/c23-17-8-4-7-16(13-17)20(29)24-18-11-9-14(10-12-18)19(28)25-22-27-26-21(30-22)15-5-2-1-3-6-15/h1-13H,(H,24,29)(H,25,27,28). The first-order chi connectivity index (χ1) is 14.6. The van der Waals surface area contributed by atoms with Crippen molar-refractivity contribution in [3.05, 3.63) is 95.0 Å². The first kappa shape index (κ1) is 19.8. The van der Waals surface area contributed by atoms with E-state index < -0.39 is 0 Å². The third-order valence-corrected chi connectivity index (χ3v) is 5.28. The number of halogens is 1. The normalized spacial score (nSPS) is 10.4. The lowest BCUT2D eigenvalue weighted by atomic mass is 10.1. The van der Waals surface area contributed by atoms with E-state index in [1.807, 2.05) is 30.3 Å². The molecule has 0 aliphatic carbocycles. The first-order valence-corrected chi connectivity index (χ1v) is 10.2. The maximum absolute atomic E-state index is 12.5. The van der Waals surface area contributed by atoms with E-state index in [4.69, 9.17) is 11.6 Å². The van der Waals surface area contributed by atoms with Crippen LogP contribution in [0.25, 0.3) is 10.6 Å². The lowest BCUT2D eigenvalue weighted by molar-refractivity contribution is 0.102. The smallest absolute Gasteiger partial charge is 0.257 e. The van der Waals surface area contributed by atoms with Crippen LogP contribution < -0.4 is 10.6 Å². The molecule has 30 heavy (non-hydrogen) atoms. The number of carbonyl (C=O) groups excluding carboxylic acids is 2. The van der Waals surface area contributed by atoms with Crippen molar-refractivity contribution in [3.8, 4) is 10.6 Å². The zero-order valence-corrected chi connectivity index (χ0v) is 17.1. The Morgan fingerprint density at radius 2 is 1.50 bits per heavy atom. The van der Waals surface area contributed by atoms with Gasteiger partial charge < -0.3 is 5.32 Å². The van der Waals surface area contributed by atoms with Crippen molar-refractivity contribution < 1.29 is 9.59 Å². The van der Waals surface area contributed by atoms with Gasteiger partial charge in [0.15, 0.2) is 0 Å². The highest BCUT2D eigenvalue weighted by atomic mass is 35.5. The lowest BCUT2D eigenvalue weighted by Crippen LogP contribution is -2.13. The van der Waals surface area contributed by atoms with E-state index in [1.165, 1.54) is 11.3 Å². The number of hydrogen-bond donors (Lipinski definition) is 2. The quantitative estimate of drug-likeness (QED) is 0.442. The molecule has 0 saturated heterocycles. The number of hydrogen-bond acceptors (Lipinski definition) is 5. The van der Waals surface area contributed by atoms with Gasteiger partial charge in [0.25, 0.3) is 11.8 Å². The maximum atomic E-state index is 12.5. The molecule has 0 radical (unpaired) electrons. The van der Waals surface area contributed by atoms with Gasteiger partial charge in [-0.25, -0.2) is 0 Å². The van der Waals surface area contributed by atoms with Gasteiger partial charge in [-0.05, 0) is 42.5 Å². The number of rotatable bonds is 5. The average molecular weight is 435 g/mol. The predicted octanol–water partition coefficient (Wildman–Crippen LogP) is 5.36. The number of benzene rings is 3. The van der Waals surface area contributed by atoms with Crippen LogP contribution in [0.4, 0.5) is 10.8 Å². The third-order valence-electron chi connectivity index (χ3n) is 4.16. The van der Waals surface area contributed by atoms with Gasteiger partial charge >= 0.3 is 0 Å². The minimum Gasteiger partial charge on any atom is -0.322 e. The number of carbonyl (C=O) groups is 2. The van der Waals surface area contributed by atoms with E-state index in [0.29, 0.717) is 27.0 Å². The highest BCUT2D eigenvalue weighted by molar-refractivity contribution is 7.18. The van der Waals surface area contributed by atoms with Crippen molar-refractivity contribution in [3.63, 3.8) is 0 Å². The van der Waals surface area contributed by atoms with Gasteiger partial charge in [0.1, 0.15) is 5.01 Å². The van der Waals surface area contributed by atoms with Gasteiger partial charge in [-0.2, -0.15) is 0 Å². The molecule has 0 spiro atoms. The molecule has 1 aromatic heterocycles. The zero-order valence-electron chi connectivity index (χ0n) is 15.5. The van der Waals surface area contributed by atoms with Crippen molar-refractivity contribution >= 4 is 45.6 Å². The Labute approximate surface area is 181 Å². The molecule has 148 valence electrons. The highest BCUT2D eigenvalue weighted by Crippen LogP contribution is 2.26. The molecule has 6 nitrogen and oxygen atoms in total. The van der Waals surface area contributed by atoms with Gasteiger partial charge in [-0.3, -0.25) is 14.9 Å². The summed E-state index contributed by atoms with van der Waals surface area (Å²) in [5, 5.41) is 15.3. The summed E-state index contributed by atoms with van der Waals surface area (Å²) in [6.07, 6.45) is 0. The molecule has 0 aliphatic rings. The Morgan fingerprint density at radius 3 is 2.23 bits per heavy atom. The molecular weight excluding hydrogens is 420 g/mol. The van der Waals surface area contributed by atoms with E-state index in [0.717, 1.165) is 10.6 Å². The molecule has 4 aromatic rings. The lowest BCUT2D eigenvalue weighted by Gasteiger charge is -2.07. The van der Waals surface area contributed by atoms with Crippen LogP contribution in [0.3, 0.4) is 0 Å². The van der Waals surface area contributed by atoms with Crippen LogP contribution in [0.5, 0.6) is 0 Å². The maximum Gasteiger partial charge on any atom is 0.257 e. The molecule has 0 saturated carbocycles. The number of aromatic nitrogens is 2. The van der Waals surface area contributed by atoms with Crippen LogP contribution in [0.1, 0.15) is 20.7 Å². The highest BCUT2D eigenvalue weighted by Gasteiger charge is 2.12. The molecule has 8 heteroatoms. The van der Waals surface area contributed by atoms with Crippen molar-refractivity contribution in [2.24, 2.45) is 0 Å². The summed E-state index contributed by atoms with van der Waals surface area (Å²) in [5.41, 5.74) is 2.40. The zero-order chi connectivity index (χ0) is 20.9. The summed E-state index contributed by atoms with van der Waals surface area (Å²) in [4.78, 5) is 24.8. The average Bonchev–Trinajstić information content (AvgIpc) is 3.23. The Kier molecular flexibility index (Phi) is 5.83. The first-order valence-electron chi connectivity index (χ1n) is 8.96. The van der Waals surface area contributed by atoms with Crippen LogP contribution >= 0.6 is 22.9 Å². The Balaban J connectivity index is 1.40. The predicted molar refractivity (Wildman–Crippen MR) is 119 cm³/mol. The van der Waals surface area contributed by atoms with Crippen LogP contribution in [0, 0.1) is 0 Å². The molecule has 2 amide bonds. The van der Waals surface area contributed by atoms with Crippen LogP contribution in [0.15, 0.2) is 78.9 Å². The molecular formula is C22H15ClN4O2S. The topological polar surface area (TPSA) is 84.0 Å². The Morgan fingerprint density at radius 1 is 0.767 bits per heavy atom. The number of nitrogens with zero attached hydrogens (tertiary/aromatic N) is 2. The van der Waals surface area contributed by atoms with Gasteiger partial charge in [0.05, 0.1) is 0 Å². The van der Waals surface area contributed by atoms with E-state index >= 15 is 0 Å². The second kappa shape index (κ2) is 8.86. The van der Waals surface area contributed by atoms with E-state index in [9.17, 15) is 9.59 Å². The van der Waals surface area contributed by atoms with Crippen LogP contribution in [0.2, 0.25) is 5.02 Å². The summed E-state index contributed by atoms with van der Waals surface area (Å²) >= 11 is 7.21. The van der Waals surface area contributed by atoms with Gasteiger partial charge in [-0.15, -0.1) is 10.2 Å². The number of amides is 2. The van der Waals surface area contributed by atoms with Crippen molar-refractivity contribution in [1.29, 1.82) is 0 Å². The van der Waals surface area contributed by atoms with E-state index in [2.05, 4.69) is 20.8 Å². The second-order valence-corrected chi connectivity index (χ2v) is 7.69. The summed E-state index contributed by atoms with van der Waals surface area (Å²) in [5.74, 6) is -0.588. The van der Waals surface area contributed by atoms with Gasteiger partial charge in [0, 0.05) is 27.4 Å². The number of anilines is 2. The van der Waals surface area contributed by atoms with Crippen LogP contribution in [-0.2, 0) is 0 Å². The van der Waals surface area contributed by atoms with E-state index in [1.54, 1.807) is 48.5 Å². The molecule has 1 heterocycles. The Hall–Kier alpha value is -3.55. The summed E-state index contributed by atoms with van der Waals surface area (Å²) in [7, 11) is 0. The summed E-state index contributed by atoms with van der Waals surface area (Å²) in [6.45, 7) is 0. The van der Waals surface area contributed by atoms with Crippen LogP contribution in [-0.4, -0.2) is 22.0 Å². The number of nitrogens with one attached hydrogen (secondary N) is 2. The largest absolute Gasteiger partial charge is 0.322 e. The second-order valence-electron chi connectivity index (χ2n) is 6.27. The molecule has 4 rings (SSSR count). The molecule has 0 atom stereocenters. The fourth-order valence-electron chi connectivity index (χ4n) is 2.68. The molecule has 0 unspecified atom stereocenters. The van der Waals surface area contributed by atoms with Crippen molar-refractivity contribution in [2.45, 2.75) is 0 Å². The summed E-state index contributed by atoms with van der Waals surface area (Å²) in [6, 6.07) is 22.9. The third kappa shape index (κ3) is 4.71. The molecule has 2 N–H and O–H groups in total. The van der Waals surface area contributed by atoms with Crippen molar-refractivity contribution in [1.82, 2.24) is 10.2 Å². The van der Waals surface area contributed by atoms with Crippen molar-refractivity contribution in [2.75, 3.05) is 10.6 Å². The monoisotopic (exact) mass is 434 g/mol. The molecule has 3 aromatic carbocycles. The van der Waals surface area contributed by atoms with Gasteiger partial charge in [0.2, 0.25) is 5.13 Å². The molecule has 0 bridgehead atoms. The Bertz CT molecular complexity index is 1190. The minimum atomic E-state index is -0.307. The minimum absolute atomic E-state index is 0.281. The fraction of sp³-hybridized carbons (Fsp3) is 0. The summed E-state index contributed by atoms with van der Waals surface area (Å²) < 4.78 is 0.